The minimum atomic E-state index is -0.112. The van der Waals surface area contributed by atoms with Gasteiger partial charge in [-0.25, -0.2) is 0 Å². The SMILES string of the molecule is CC[C@H](NC(=O)c1ccccc1Br)c1ccc(OC)c(OC)c1. The summed E-state index contributed by atoms with van der Waals surface area (Å²) in [5.41, 5.74) is 1.59. The smallest absolute Gasteiger partial charge is 0.252 e. The van der Waals surface area contributed by atoms with Crippen LogP contribution in [0.15, 0.2) is 46.9 Å². The first kappa shape index (κ1) is 17.3. The summed E-state index contributed by atoms with van der Waals surface area (Å²) in [4.78, 5) is 12.5. The maximum Gasteiger partial charge on any atom is 0.252 e. The number of hydrogen-bond acceptors (Lipinski definition) is 3. The topological polar surface area (TPSA) is 47.6 Å². The Morgan fingerprint density at radius 2 is 1.83 bits per heavy atom. The molecule has 0 aliphatic rings. The van der Waals surface area contributed by atoms with E-state index < -0.39 is 0 Å². The van der Waals surface area contributed by atoms with Crippen LogP contribution in [0, 0.1) is 0 Å². The molecule has 0 fully saturated rings. The van der Waals surface area contributed by atoms with E-state index in [1.165, 1.54) is 0 Å². The fourth-order valence-electron chi connectivity index (χ4n) is 2.37. The van der Waals surface area contributed by atoms with Gasteiger partial charge >= 0.3 is 0 Å². The van der Waals surface area contributed by atoms with Crippen LogP contribution >= 0.6 is 15.9 Å². The molecule has 0 saturated heterocycles. The van der Waals surface area contributed by atoms with Gasteiger partial charge in [0.2, 0.25) is 0 Å². The van der Waals surface area contributed by atoms with Gasteiger partial charge in [-0.3, -0.25) is 4.79 Å². The molecule has 2 rings (SSSR count). The van der Waals surface area contributed by atoms with Gasteiger partial charge < -0.3 is 14.8 Å². The molecule has 0 aliphatic heterocycles. The zero-order valence-corrected chi connectivity index (χ0v) is 15.0. The molecule has 0 aliphatic carbocycles. The number of nitrogens with one attached hydrogen (secondary N) is 1. The first-order valence-electron chi connectivity index (χ1n) is 7.38. The molecule has 2 aromatic carbocycles. The lowest BCUT2D eigenvalue weighted by Crippen LogP contribution is -2.28. The van der Waals surface area contributed by atoms with E-state index in [4.69, 9.17) is 9.47 Å². The monoisotopic (exact) mass is 377 g/mol. The van der Waals surface area contributed by atoms with E-state index in [0.717, 1.165) is 16.5 Å². The molecule has 2 aromatic rings. The molecule has 0 unspecified atom stereocenters. The van der Waals surface area contributed by atoms with Gasteiger partial charge in [-0.15, -0.1) is 0 Å². The number of carbonyl (C=O) groups is 1. The van der Waals surface area contributed by atoms with Crippen molar-refractivity contribution in [2.24, 2.45) is 0 Å². The van der Waals surface area contributed by atoms with Crippen molar-refractivity contribution in [2.45, 2.75) is 19.4 Å². The predicted octanol–water partition coefficient (Wildman–Crippen LogP) is 4.35. The summed E-state index contributed by atoms with van der Waals surface area (Å²) in [7, 11) is 3.20. The molecule has 4 nitrogen and oxygen atoms in total. The fourth-order valence-corrected chi connectivity index (χ4v) is 2.84. The lowest BCUT2D eigenvalue weighted by atomic mass is 10.0. The highest BCUT2D eigenvalue weighted by Crippen LogP contribution is 2.31. The van der Waals surface area contributed by atoms with Gasteiger partial charge in [0.05, 0.1) is 25.8 Å². The predicted molar refractivity (Wildman–Crippen MR) is 94.2 cm³/mol. The number of benzene rings is 2. The summed E-state index contributed by atoms with van der Waals surface area (Å²) in [6.07, 6.45) is 0.770. The van der Waals surface area contributed by atoms with Gasteiger partial charge in [-0.2, -0.15) is 0 Å². The van der Waals surface area contributed by atoms with Gasteiger partial charge in [-0.05, 0) is 52.2 Å². The Morgan fingerprint density at radius 1 is 1.13 bits per heavy atom. The van der Waals surface area contributed by atoms with Crippen molar-refractivity contribution in [1.29, 1.82) is 0 Å². The van der Waals surface area contributed by atoms with E-state index in [0.29, 0.717) is 17.1 Å². The second-order valence-corrected chi connectivity index (χ2v) is 5.88. The van der Waals surface area contributed by atoms with Crippen LogP contribution in [0.4, 0.5) is 0 Å². The molecule has 0 saturated carbocycles. The van der Waals surface area contributed by atoms with Crippen molar-refractivity contribution in [3.8, 4) is 11.5 Å². The Bertz CT molecular complexity index is 688. The van der Waals surface area contributed by atoms with Crippen molar-refractivity contribution in [3.63, 3.8) is 0 Å². The first-order chi connectivity index (χ1) is 11.1. The molecule has 0 heterocycles. The van der Waals surface area contributed by atoms with Crippen LogP contribution in [0.3, 0.4) is 0 Å². The molecular weight excluding hydrogens is 358 g/mol. The number of carbonyl (C=O) groups excluding carboxylic acids is 1. The molecule has 0 aromatic heterocycles. The zero-order valence-electron chi connectivity index (χ0n) is 13.4. The summed E-state index contributed by atoms with van der Waals surface area (Å²) >= 11 is 3.41. The van der Waals surface area contributed by atoms with Crippen molar-refractivity contribution in [2.75, 3.05) is 14.2 Å². The van der Waals surface area contributed by atoms with Crippen LogP contribution in [-0.4, -0.2) is 20.1 Å². The second-order valence-electron chi connectivity index (χ2n) is 5.03. The van der Waals surface area contributed by atoms with E-state index in [9.17, 15) is 4.79 Å². The van der Waals surface area contributed by atoms with Crippen LogP contribution in [0.2, 0.25) is 0 Å². The highest BCUT2D eigenvalue weighted by Gasteiger charge is 2.17. The zero-order chi connectivity index (χ0) is 16.8. The first-order valence-corrected chi connectivity index (χ1v) is 8.17. The minimum absolute atomic E-state index is 0.102. The van der Waals surface area contributed by atoms with Gasteiger partial charge in [0.25, 0.3) is 5.91 Å². The number of halogens is 1. The van der Waals surface area contributed by atoms with Gasteiger partial charge in [0, 0.05) is 4.47 Å². The van der Waals surface area contributed by atoms with Crippen LogP contribution in [-0.2, 0) is 0 Å². The van der Waals surface area contributed by atoms with Gasteiger partial charge in [-0.1, -0.05) is 25.1 Å². The summed E-state index contributed by atoms with van der Waals surface area (Å²) in [6, 6.07) is 13.0. The second kappa shape index (κ2) is 8.02. The molecule has 0 bridgehead atoms. The molecule has 23 heavy (non-hydrogen) atoms. The Labute approximate surface area is 144 Å². The largest absolute Gasteiger partial charge is 0.493 e. The van der Waals surface area contributed by atoms with Crippen LogP contribution in [0.25, 0.3) is 0 Å². The normalized spacial score (nSPS) is 11.7. The Morgan fingerprint density at radius 3 is 2.43 bits per heavy atom. The summed E-state index contributed by atoms with van der Waals surface area (Å²) in [6.45, 7) is 2.03. The maximum atomic E-state index is 12.5. The number of rotatable bonds is 6. The molecular formula is C18H20BrNO3. The average Bonchev–Trinajstić information content (AvgIpc) is 2.59. The third-order valence-corrected chi connectivity index (χ3v) is 4.33. The number of amides is 1. The average molecular weight is 378 g/mol. The molecule has 5 heteroatoms. The molecule has 0 radical (unpaired) electrons. The van der Waals surface area contributed by atoms with Gasteiger partial charge in [0.1, 0.15) is 0 Å². The van der Waals surface area contributed by atoms with Crippen molar-refractivity contribution < 1.29 is 14.3 Å². The number of methoxy groups -OCH3 is 2. The molecule has 122 valence electrons. The van der Waals surface area contributed by atoms with Gasteiger partial charge in [0.15, 0.2) is 11.5 Å². The van der Waals surface area contributed by atoms with Crippen LogP contribution in [0.1, 0.15) is 35.3 Å². The molecule has 0 spiro atoms. The van der Waals surface area contributed by atoms with Crippen molar-refractivity contribution in [1.82, 2.24) is 5.32 Å². The molecule has 1 amide bonds. The third kappa shape index (κ3) is 4.05. The molecule has 1 atom stereocenters. The Balaban J connectivity index is 2.23. The van der Waals surface area contributed by atoms with Crippen molar-refractivity contribution in [3.05, 3.63) is 58.1 Å². The van der Waals surface area contributed by atoms with Crippen LogP contribution in [0.5, 0.6) is 11.5 Å². The fraction of sp³-hybridized carbons (Fsp3) is 0.278. The third-order valence-electron chi connectivity index (χ3n) is 3.64. The standard InChI is InChI=1S/C18H20BrNO3/c1-4-15(12-9-10-16(22-2)17(11-12)23-3)20-18(21)13-7-5-6-8-14(13)19/h5-11,15H,4H2,1-3H3,(H,20,21)/t15-/m0/s1. The van der Waals surface area contributed by atoms with E-state index in [1.54, 1.807) is 20.3 Å². The van der Waals surface area contributed by atoms with E-state index in [2.05, 4.69) is 21.2 Å². The van der Waals surface area contributed by atoms with E-state index >= 15 is 0 Å². The lowest BCUT2D eigenvalue weighted by molar-refractivity contribution is 0.0934. The minimum Gasteiger partial charge on any atom is -0.493 e. The Hall–Kier alpha value is -2.01. The Kier molecular flexibility index (Phi) is 6.04. The van der Waals surface area contributed by atoms with E-state index in [1.807, 2.05) is 43.3 Å². The number of ether oxygens (including phenoxy) is 2. The van der Waals surface area contributed by atoms with Crippen molar-refractivity contribution >= 4 is 21.8 Å². The maximum absolute atomic E-state index is 12.5. The number of hydrogen-bond donors (Lipinski definition) is 1. The highest BCUT2D eigenvalue weighted by molar-refractivity contribution is 9.10. The van der Waals surface area contributed by atoms with E-state index in [-0.39, 0.29) is 11.9 Å². The highest BCUT2D eigenvalue weighted by atomic mass is 79.9. The lowest BCUT2D eigenvalue weighted by Gasteiger charge is -2.19. The summed E-state index contributed by atoms with van der Waals surface area (Å²) in [5, 5.41) is 3.06. The molecule has 1 N–H and O–H groups in total. The van der Waals surface area contributed by atoms with Crippen LogP contribution < -0.4 is 14.8 Å². The summed E-state index contributed by atoms with van der Waals surface area (Å²) < 4.78 is 11.4. The quantitative estimate of drug-likeness (QED) is 0.813. The summed E-state index contributed by atoms with van der Waals surface area (Å²) in [5.74, 6) is 1.21.